The zero-order chi connectivity index (χ0) is 20.9. The van der Waals surface area contributed by atoms with Crippen LogP contribution < -0.4 is 0 Å². The SMILES string of the molecule is CC1(C)OC[C@H](C(O)C(CCOC(c2ccccc2)c2ccccc2)[N+](=O)[O-])O1. The molecule has 1 saturated heterocycles. The standard InChI is InChI=1S/C22H27NO6/c1-22(2)28-15-19(29-22)20(24)18(23(25)26)13-14-27-21(16-9-5-3-6-10-16)17-11-7-4-8-12-17/h3-12,18-21,24H,13-15H2,1-2H3/t18?,19-,20?/m1/s1. The first-order valence-electron chi connectivity index (χ1n) is 9.72. The van der Waals surface area contributed by atoms with E-state index < -0.39 is 29.0 Å². The second-order valence-corrected chi connectivity index (χ2v) is 7.57. The minimum atomic E-state index is -1.28. The quantitative estimate of drug-likeness (QED) is 0.512. The molecule has 1 heterocycles. The Morgan fingerprint density at radius 3 is 2.14 bits per heavy atom. The van der Waals surface area contributed by atoms with Gasteiger partial charge in [0, 0.05) is 11.3 Å². The molecule has 2 aromatic rings. The summed E-state index contributed by atoms with van der Waals surface area (Å²) in [7, 11) is 0. The van der Waals surface area contributed by atoms with Gasteiger partial charge in [0.2, 0.25) is 6.04 Å². The van der Waals surface area contributed by atoms with E-state index in [2.05, 4.69) is 0 Å². The molecule has 1 aliphatic rings. The number of nitro groups is 1. The fourth-order valence-corrected chi connectivity index (χ4v) is 3.48. The molecule has 0 aromatic heterocycles. The average Bonchev–Trinajstić information content (AvgIpc) is 3.08. The lowest BCUT2D eigenvalue weighted by molar-refractivity contribution is -0.538. The largest absolute Gasteiger partial charge is 0.383 e. The first-order valence-corrected chi connectivity index (χ1v) is 9.72. The van der Waals surface area contributed by atoms with Gasteiger partial charge in [-0.25, -0.2) is 0 Å². The van der Waals surface area contributed by atoms with E-state index in [4.69, 9.17) is 14.2 Å². The van der Waals surface area contributed by atoms with Crippen molar-refractivity contribution in [1.82, 2.24) is 0 Å². The Morgan fingerprint density at radius 1 is 1.14 bits per heavy atom. The second-order valence-electron chi connectivity index (χ2n) is 7.57. The van der Waals surface area contributed by atoms with Gasteiger partial charge in [-0.1, -0.05) is 60.7 Å². The van der Waals surface area contributed by atoms with Crippen LogP contribution in [-0.4, -0.2) is 47.3 Å². The highest BCUT2D eigenvalue weighted by atomic mass is 16.7. The van der Waals surface area contributed by atoms with Crippen molar-refractivity contribution < 1.29 is 24.2 Å². The molecule has 1 aliphatic heterocycles. The summed E-state index contributed by atoms with van der Waals surface area (Å²) in [6.45, 7) is 3.67. The topological polar surface area (TPSA) is 91.1 Å². The summed E-state index contributed by atoms with van der Waals surface area (Å²) in [4.78, 5) is 11.1. The van der Waals surface area contributed by atoms with Gasteiger partial charge in [0.15, 0.2) is 5.79 Å². The molecule has 0 spiro atoms. The molecule has 2 unspecified atom stereocenters. The minimum Gasteiger partial charge on any atom is -0.383 e. The maximum atomic E-state index is 11.6. The zero-order valence-electron chi connectivity index (χ0n) is 16.6. The van der Waals surface area contributed by atoms with E-state index in [0.717, 1.165) is 11.1 Å². The first kappa shape index (κ1) is 21.4. The van der Waals surface area contributed by atoms with Crippen molar-refractivity contribution in [3.63, 3.8) is 0 Å². The second kappa shape index (κ2) is 9.45. The fraction of sp³-hybridized carbons (Fsp3) is 0.455. The molecular formula is C22H27NO6. The monoisotopic (exact) mass is 401 g/mol. The molecule has 1 N–H and O–H groups in total. The van der Waals surface area contributed by atoms with Crippen molar-refractivity contribution >= 4 is 0 Å². The van der Waals surface area contributed by atoms with Gasteiger partial charge in [-0.3, -0.25) is 10.1 Å². The van der Waals surface area contributed by atoms with Crippen LogP contribution in [0.3, 0.4) is 0 Å². The molecule has 2 aromatic carbocycles. The number of nitrogens with zero attached hydrogens (tertiary/aromatic N) is 1. The summed E-state index contributed by atoms with van der Waals surface area (Å²) in [5, 5.41) is 22.1. The Morgan fingerprint density at radius 2 is 1.69 bits per heavy atom. The third-order valence-corrected chi connectivity index (χ3v) is 4.98. The molecule has 156 valence electrons. The molecule has 0 amide bonds. The van der Waals surface area contributed by atoms with E-state index in [1.807, 2.05) is 60.7 Å². The van der Waals surface area contributed by atoms with Gasteiger partial charge in [-0.05, 0) is 25.0 Å². The lowest BCUT2D eigenvalue weighted by Crippen LogP contribution is -2.44. The maximum absolute atomic E-state index is 11.6. The molecular weight excluding hydrogens is 374 g/mol. The van der Waals surface area contributed by atoms with Crippen LogP contribution in [-0.2, 0) is 14.2 Å². The summed E-state index contributed by atoms with van der Waals surface area (Å²) in [5.74, 6) is -0.852. The predicted octanol–water partition coefficient (Wildman–Crippen LogP) is 3.34. The van der Waals surface area contributed by atoms with Crippen LogP contribution in [0.25, 0.3) is 0 Å². The lowest BCUT2D eigenvalue weighted by Gasteiger charge is -2.24. The zero-order valence-corrected chi connectivity index (χ0v) is 16.6. The average molecular weight is 401 g/mol. The first-order chi connectivity index (χ1) is 13.9. The Labute approximate surface area is 170 Å². The Kier molecular flexibility index (Phi) is 6.97. The van der Waals surface area contributed by atoms with Gasteiger partial charge in [0.05, 0.1) is 13.2 Å². The Bertz CT molecular complexity index is 743. The van der Waals surface area contributed by atoms with Crippen LogP contribution in [0.15, 0.2) is 60.7 Å². The van der Waals surface area contributed by atoms with Crippen molar-refractivity contribution in [1.29, 1.82) is 0 Å². The van der Waals surface area contributed by atoms with Crippen molar-refractivity contribution in [2.75, 3.05) is 13.2 Å². The fourth-order valence-electron chi connectivity index (χ4n) is 3.48. The van der Waals surface area contributed by atoms with Gasteiger partial charge in [0.1, 0.15) is 18.3 Å². The van der Waals surface area contributed by atoms with Crippen LogP contribution in [0.1, 0.15) is 37.5 Å². The smallest absolute Gasteiger partial charge is 0.243 e. The lowest BCUT2D eigenvalue weighted by atomic mass is 10.0. The van der Waals surface area contributed by atoms with Crippen LogP contribution >= 0.6 is 0 Å². The summed E-state index contributed by atoms with van der Waals surface area (Å²) in [5.41, 5.74) is 1.93. The number of hydrogen-bond donors (Lipinski definition) is 1. The third-order valence-electron chi connectivity index (χ3n) is 4.98. The highest BCUT2D eigenvalue weighted by molar-refractivity contribution is 5.29. The molecule has 0 bridgehead atoms. The van der Waals surface area contributed by atoms with E-state index in [1.54, 1.807) is 13.8 Å². The minimum absolute atomic E-state index is 0.0601. The molecule has 29 heavy (non-hydrogen) atoms. The normalized spacial score (nSPS) is 20.5. The maximum Gasteiger partial charge on any atom is 0.243 e. The molecule has 3 atom stereocenters. The summed E-state index contributed by atoms with van der Waals surface area (Å²) in [6.07, 6.45) is -2.29. The highest BCUT2D eigenvalue weighted by Crippen LogP contribution is 2.28. The van der Waals surface area contributed by atoms with Crippen molar-refractivity contribution in [3.05, 3.63) is 81.9 Å². The summed E-state index contributed by atoms with van der Waals surface area (Å²) in [6, 6.07) is 18.2. The van der Waals surface area contributed by atoms with E-state index in [0.29, 0.717) is 0 Å². The number of hydrogen-bond acceptors (Lipinski definition) is 6. The van der Waals surface area contributed by atoms with Gasteiger partial charge in [0.25, 0.3) is 0 Å². The van der Waals surface area contributed by atoms with Crippen molar-refractivity contribution in [2.24, 2.45) is 0 Å². The number of aliphatic hydroxyl groups excluding tert-OH is 1. The van der Waals surface area contributed by atoms with E-state index in [-0.39, 0.29) is 25.7 Å². The summed E-state index contributed by atoms with van der Waals surface area (Å²) < 4.78 is 17.1. The van der Waals surface area contributed by atoms with Gasteiger partial charge in [-0.2, -0.15) is 0 Å². The van der Waals surface area contributed by atoms with Crippen molar-refractivity contribution in [3.8, 4) is 0 Å². The van der Waals surface area contributed by atoms with E-state index >= 15 is 0 Å². The molecule has 7 heteroatoms. The van der Waals surface area contributed by atoms with Gasteiger partial charge in [-0.15, -0.1) is 0 Å². The number of aliphatic hydroxyl groups is 1. The molecule has 0 radical (unpaired) electrons. The molecule has 0 saturated carbocycles. The van der Waals surface area contributed by atoms with Crippen LogP contribution in [0.5, 0.6) is 0 Å². The molecule has 1 fully saturated rings. The highest BCUT2D eigenvalue weighted by Gasteiger charge is 2.44. The Balaban J connectivity index is 1.66. The van der Waals surface area contributed by atoms with E-state index in [1.165, 1.54) is 0 Å². The molecule has 7 nitrogen and oxygen atoms in total. The summed E-state index contributed by atoms with van der Waals surface area (Å²) >= 11 is 0. The van der Waals surface area contributed by atoms with Crippen LogP contribution in [0, 0.1) is 10.1 Å². The molecule has 3 rings (SSSR count). The number of benzene rings is 2. The predicted molar refractivity (Wildman–Crippen MR) is 107 cm³/mol. The van der Waals surface area contributed by atoms with Gasteiger partial charge < -0.3 is 19.3 Å². The van der Waals surface area contributed by atoms with Crippen molar-refractivity contribution in [2.45, 2.75) is 50.4 Å². The third kappa shape index (κ3) is 5.61. The van der Waals surface area contributed by atoms with E-state index in [9.17, 15) is 15.2 Å². The van der Waals surface area contributed by atoms with Crippen LogP contribution in [0.4, 0.5) is 0 Å². The Hall–Kier alpha value is -2.32. The van der Waals surface area contributed by atoms with Gasteiger partial charge >= 0.3 is 0 Å². The number of ether oxygens (including phenoxy) is 3. The number of rotatable bonds is 9. The van der Waals surface area contributed by atoms with Crippen LogP contribution in [0.2, 0.25) is 0 Å². The molecule has 0 aliphatic carbocycles.